The number of carbonyl (C=O) groups is 1. The molecule has 0 saturated carbocycles. The fourth-order valence-electron chi connectivity index (χ4n) is 3.16. The van der Waals surface area contributed by atoms with Crippen LogP contribution in [0.15, 0.2) is 35.2 Å². The van der Waals surface area contributed by atoms with Gasteiger partial charge in [0.05, 0.1) is 0 Å². The third-order valence-electron chi connectivity index (χ3n) is 4.55. The number of unbranched alkanes of at least 4 members (excludes halogenated alkanes) is 3. The van der Waals surface area contributed by atoms with E-state index in [0.717, 1.165) is 38.2 Å². The van der Waals surface area contributed by atoms with Gasteiger partial charge in [0.1, 0.15) is 0 Å². The minimum absolute atomic E-state index is 0.311. The Hall–Kier alpha value is -1.00. The van der Waals surface area contributed by atoms with Gasteiger partial charge >= 0.3 is 5.97 Å². The molecule has 0 bridgehead atoms. The van der Waals surface area contributed by atoms with Crippen molar-refractivity contribution in [2.75, 3.05) is 19.0 Å². The Labute approximate surface area is 143 Å². The van der Waals surface area contributed by atoms with Gasteiger partial charge in [0.25, 0.3) is 0 Å². The van der Waals surface area contributed by atoms with Crippen LogP contribution in [0.1, 0.15) is 44.9 Å². The highest BCUT2D eigenvalue weighted by Gasteiger charge is 2.27. The first-order valence-electron chi connectivity index (χ1n) is 8.73. The predicted molar refractivity (Wildman–Crippen MR) is 94.9 cm³/mol. The van der Waals surface area contributed by atoms with E-state index in [1.807, 2.05) is 11.8 Å². The molecule has 0 aliphatic carbocycles. The number of hydrogen-bond donors (Lipinski definition) is 1. The van der Waals surface area contributed by atoms with Crippen molar-refractivity contribution in [1.29, 1.82) is 0 Å². The fraction of sp³-hybridized carbons (Fsp3) is 0.632. The van der Waals surface area contributed by atoms with E-state index in [1.165, 1.54) is 24.2 Å². The van der Waals surface area contributed by atoms with E-state index in [9.17, 15) is 4.79 Å². The molecule has 1 aromatic carbocycles. The summed E-state index contributed by atoms with van der Waals surface area (Å²) in [5.74, 6) is 1.88. The molecule has 23 heavy (non-hydrogen) atoms. The molecule has 0 radical (unpaired) electrons. The first kappa shape index (κ1) is 18.3. The highest BCUT2D eigenvalue weighted by Crippen LogP contribution is 2.31. The van der Waals surface area contributed by atoms with Crippen molar-refractivity contribution < 1.29 is 14.6 Å². The van der Waals surface area contributed by atoms with E-state index < -0.39 is 5.97 Å². The summed E-state index contributed by atoms with van der Waals surface area (Å²) in [5.41, 5.74) is 0. The minimum Gasteiger partial charge on any atom is -0.481 e. The lowest BCUT2D eigenvalue weighted by atomic mass is 9.89. The van der Waals surface area contributed by atoms with Crippen LogP contribution in [0.4, 0.5) is 0 Å². The third kappa shape index (κ3) is 7.40. The van der Waals surface area contributed by atoms with Crippen molar-refractivity contribution in [2.24, 2.45) is 11.8 Å². The highest BCUT2D eigenvalue weighted by atomic mass is 32.2. The third-order valence-corrected chi connectivity index (χ3v) is 5.59. The molecule has 1 N–H and O–H groups in total. The Morgan fingerprint density at radius 3 is 2.48 bits per heavy atom. The van der Waals surface area contributed by atoms with Crippen LogP contribution in [0.2, 0.25) is 0 Å². The number of carboxylic acid groups (broad SMARTS) is 1. The lowest BCUT2D eigenvalue weighted by Gasteiger charge is -2.17. The van der Waals surface area contributed by atoms with Crippen LogP contribution in [0, 0.1) is 11.8 Å². The van der Waals surface area contributed by atoms with Crippen LogP contribution in [-0.2, 0) is 9.53 Å². The number of rotatable bonds is 11. The Balaban J connectivity index is 1.56. The van der Waals surface area contributed by atoms with Crippen LogP contribution in [0.3, 0.4) is 0 Å². The smallest absolute Gasteiger partial charge is 0.303 e. The summed E-state index contributed by atoms with van der Waals surface area (Å²) in [6.45, 7) is 1.83. The minimum atomic E-state index is -0.676. The number of thioether (sulfide) groups is 1. The van der Waals surface area contributed by atoms with Crippen LogP contribution in [-0.4, -0.2) is 30.0 Å². The summed E-state index contributed by atoms with van der Waals surface area (Å²) in [5, 5.41) is 8.62. The quantitative estimate of drug-likeness (QED) is 0.463. The lowest BCUT2D eigenvalue weighted by Crippen LogP contribution is -2.13. The second-order valence-corrected chi connectivity index (χ2v) is 7.52. The standard InChI is InChI=1S/C19H28O3S/c20-19(21)11-7-2-1-4-8-16-14-22-15-17(16)12-13-23-18-9-5-3-6-10-18/h3,5-6,9-10,16-17H,1-2,4,7-8,11-15H2,(H,20,21)/t16-,17+/m0/s1. The first-order chi connectivity index (χ1) is 11.3. The van der Waals surface area contributed by atoms with E-state index >= 15 is 0 Å². The number of carboxylic acids is 1. The SMILES string of the molecule is O=C(O)CCCCCC[C@H]1COC[C@H]1CCSc1ccccc1. The molecule has 128 valence electrons. The maximum Gasteiger partial charge on any atom is 0.303 e. The number of ether oxygens (including phenoxy) is 1. The molecule has 4 heteroatoms. The molecule has 0 unspecified atom stereocenters. The Kier molecular flexibility index (Phi) is 8.54. The molecule has 1 fully saturated rings. The maximum atomic E-state index is 10.5. The van der Waals surface area contributed by atoms with Gasteiger partial charge in [-0.2, -0.15) is 0 Å². The normalized spacial score (nSPS) is 20.7. The first-order valence-corrected chi connectivity index (χ1v) is 9.71. The van der Waals surface area contributed by atoms with Crippen molar-refractivity contribution in [2.45, 2.75) is 49.8 Å². The Morgan fingerprint density at radius 2 is 1.74 bits per heavy atom. The van der Waals surface area contributed by atoms with Crippen molar-refractivity contribution >= 4 is 17.7 Å². The number of hydrogen-bond acceptors (Lipinski definition) is 3. The van der Waals surface area contributed by atoms with Gasteiger partial charge in [0.2, 0.25) is 0 Å². The summed E-state index contributed by atoms with van der Waals surface area (Å²) < 4.78 is 5.70. The largest absolute Gasteiger partial charge is 0.481 e. The molecular formula is C19H28O3S. The molecule has 3 nitrogen and oxygen atoms in total. The van der Waals surface area contributed by atoms with Gasteiger partial charge in [-0.1, -0.05) is 37.5 Å². The van der Waals surface area contributed by atoms with Crippen LogP contribution >= 0.6 is 11.8 Å². The van der Waals surface area contributed by atoms with Gasteiger partial charge in [-0.25, -0.2) is 0 Å². The van der Waals surface area contributed by atoms with Gasteiger partial charge in [-0.15, -0.1) is 11.8 Å². The van der Waals surface area contributed by atoms with E-state index in [-0.39, 0.29) is 0 Å². The molecule has 0 aromatic heterocycles. The Morgan fingerprint density at radius 1 is 1.04 bits per heavy atom. The zero-order valence-electron chi connectivity index (χ0n) is 13.8. The summed E-state index contributed by atoms with van der Waals surface area (Å²) >= 11 is 1.94. The summed E-state index contributed by atoms with van der Waals surface area (Å²) in [6.07, 6.45) is 6.97. The molecule has 1 aliphatic heterocycles. The topological polar surface area (TPSA) is 46.5 Å². The molecule has 1 heterocycles. The summed E-state index contributed by atoms with van der Waals surface area (Å²) in [6, 6.07) is 10.6. The molecule has 2 rings (SSSR count). The highest BCUT2D eigenvalue weighted by molar-refractivity contribution is 7.99. The van der Waals surface area contributed by atoms with Gasteiger partial charge < -0.3 is 9.84 Å². The molecule has 1 aliphatic rings. The zero-order chi connectivity index (χ0) is 16.3. The van der Waals surface area contributed by atoms with E-state index in [4.69, 9.17) is 9.84 Å². The van der Waals surface area contributed by atoms with Crippen molar-refractivity contribution in [3.8, 4) is 0 Å². The lowest BCUT2D eigenvalue weighted by molar-refractivity contribution is -0.137. The molecule has 1 aromatic rings. The average Bonchev–Trinajstić information content (AvgIpc) is 2.99. The fourth-order valence-corrected chi connectivity index (χ4v) is 4.17. The van der Waals surface area contributed by atoms with E-state index in [0.29, 0.717) is 18.3 Å². The van der Waals surface area contributed by atoms with E-state index in [1.54, 1.807) is 0 Å². The predicted octanol–water partition coefficient (Wildman–Crippen LogP) is 4.86. The second kappa shape index (κ2) is 10.7. The van der Waals surface area contributed by atoms with E-state index in [2.05, 4.69) is 30.3 Å². The van der Waals surface area contributed by atoms with Gasteiger partial charge in [-0.3, -0.25) is 4.79 Å². The molecule has 0 spiro atoms. The zero-order valence-corrected chi connectivity index (χ0v) is 14.6. The van der Waals surface area contributed by atoms with Crippen LogP contribution in [0.25, 0.3) is 0 Å². The number of benzene rings is 1. The molecule has 0 amide bonds. The summed E-state index contributed by atoms with van der Waals surface area (Å²) in [7, 11) is 0. The van der Waals surface area contributed by atoms with Gasteiger partial charge in [0.15, 0.2) is 0 Å². The molecule has 1 saturated heterocycles. The van der Waals surface area contributed by atoms with Gasteiger partial charge in [0, 0.05) is 24.5 Å². The Bertz CT molecular complexity index is 449. The number of aliphatic carboxylic acids is 1. The monoisotopic (exact) mass is 336 g/mol. The van der Waals surface area contributed by atoms with Crippen LogP contribution in [0.5, 0.6) is 0 Å². The summed E-state index contributed by atoms with van der Waals surface area (Å²) in [4.78, 5) is 11.8. The maximum absolute atomic E-state index is 10.5. The molecular weight excluding hydrogens is 308 g/mol. The van der Waals surface area contributed by atoms with Crippen LogP contribution < -0.4 is 0 Å². The second-order valence-electron chi connectivity index (χ2n) is 6.35. The average molecular weight is 336 g/mol. The van der Waals surface area contributed by atoms with Crippen molar-refractivity contribution in [3.05, 3.63) is 30.3 Å². The van der Waals surface area contributed by atoms with Crippen molar-refractivity contribution in [3.63, 3.8) is 0 Å². The van der Waals surface area contributed by atoms with Crippen molar-refractivity contribution in [1.82, 2.24) is 0 Å². The molecule has 2 atom stereocenters. The van der Waals surface area contributed by atoms with Gasteiger partial charge in [-0.05, 0) is 49.0 Å².